The van der Waals surface area contributed by atoms with E-state index in [4.69, 9.17) is 16.3 Å². The third-order valence-corrected chi connectivity index (χ3v) is 2.84. The summed E-state index contributed by atoms with van der Waals surface area (Å²) in [5, 5.41) is 0.541. The van der Waals surface area contributed by atoms with Crippen molar-refractivity contribution in [2.24, 2.45) is 0 Å². The minimum Gasteiger partial charge on any atom is -0.483 e. The van der Waals surface area contributed by atoms with E-state index in [-0.39, 0.29) is 11.6 Å². The molecule has 4 heteroatoms. The molecule has 19 heavy (non-hydrogen) atoms. The van der Waals surface area contributed by atoms with Crippen LogP contribution in [0.3, 0.4) is 0 Å². The molecule has 2 rings (SSSR count). The zero-order chi connectivity index (χ0) is 13.8. The van der Waals surface area contributed by atoms with Crippen LogP contribution in [0.2, 0.25) is 5.02 Å². The number of benzene rings is 2. The maximum Gasteiger partial charge on any atom is 0.202 e. The van der Waals surface area contributed by atoms with Gasteiger partial charge in [-0.2, -0.15) is 0 Å². The lowest BCUT2D eigenvalue weighted by Crippen LogP contribution is -2.23. The van der Waals surface area contributed by atoms with Gasteiger partial charge in [0.2, 0.25) is 5.78 Å². The van der Waals surface area contributed by atoms with Gasteiger partial charge in [-0.3, -0.25) is 4.79 Å². The van der Waals surface area contributed by atoms with Crippen molar-refractivity contribution in [1.82, 2.24) is 0 Å². The summed E-state index contributed by atoms with van der Waals surface area (Å²) in [5.41, 5.74) is 0.413. The van der Waals surface area contributed by atoms with Crippen LogP contribution in [0.15, 0.2) is 48.5 Å². The minimum absolute atomic E-state index is 0.208. The lowest BCUT2D eigenvalue weighted by molar-refractivity contribution is 0.0818. The highest BCUT2D eigenvalue weighted by molar-refractivity contribution is 6.30. The summed E-state index contributed by atoms with van der Waals surface area (Å²) in [5.74, 6) is -0.0598. The number of ether oxygens (including phenoxy) is 1. The van der Waals surface area contributed by atoms with E-state index in [1.165, 1.54) is 24.3 Å². The first-order valence-corrected chi connectivity index (χ1v) is 6.16. The van der Waals surface area contributed by atoms with Crippen molar-refractivity contribution >= 4 is 17.4 Å². The van der Waals surface area contributed by atoms with Crippen LogP contribution in [0.5, 0.6) is 5.75 Å². The smallest absolute Gasteiger partial charge is 0.202 e. The summed E-state index contributed by atoms with van der Waals surface area (Å²) < 4.78 is 18.3. The number of ketones is 1. The van der Waals surface area contributed by atoms with E-state index >= 15 is 0 Å². The molecule has 0 saturated carbocycles. The Bertz CT molecular complexity index is 581. The van der Waals surface area contributed by atoms with Crippen LogP contribution < -0.4 is 4.74 Å². The number of carbonyl (C=O) groups is 1. The molecule has 0 N–H and O–H groups in total. The normalized spacial score (nSPS) is 11.9. The first-order chi connectivity index (χ1) is 9.06. The Morgan fingerprint density at radius 2 is 1.89 bits per heavy atom. The molecule has 0 aromatic heterocycles. The summed E-state index contributed by atoms with van der Waals surface area (Å²) in [6.45, 7) is 1.65. The third kappa shape index (κ3) is 3.55. The van der Waals surface area contributed by atoms with E-state index in [0.29, 0.717) is 16.3 Å². The molecule has 0 saturated heterocycles. The molecule has 0 spiro atoms. The fourth-order valence-corrected chi connectivity index (χ4v) is 1.83. The van der Waals surface area contributed by atoms with E-state index in [2.05, 4.69) is 0 Å². The second kappa shape index (κ2) is 5.85. The highest BCUT2D eigenvalue weighted by Gasteiger charge is 2.16. The molecule has 0 unspecified atom stereocenters. The standard InChI is InChI=1S/C15H12ClFO2/c1-10(19-14-4-2-3-12(16)9-14)15(18)11-5-7-13(17)8-6-11/h2-10H,1H3/t10-/m1/s1. The van der Waals surface area contributed by atoms with Crippen LogP contribution in [-0.2, 0) is 0 Å². The number of hydrogen-bond acceptors (Lipinski definition) is 2. The van der Waals surface area contributed by atoms with Crippen molar-refractivity contribution in [3.63, 3.8) is 0 Å². The maximum absolute atomic E-state index is 12.8. The van der Waals surface area contributed by atoms with Crippen LogP contribution in [0.4, 0.5) is 4.39 Å². The zero-order valence-corrected chi connectivity index (χ0v) is 11.0. The van der Waals surface area contributed by atoms with Gasteiger partial charge in [0.05, 0.1) is 0 Å². The summed E-state index contributed by atoms with van der Waals surface area (Å²) in [6.07, 6.45) is -0.663. The lowest BCUT2D eigenvalue weighted by Gasteiger charge is -2.13. The van der Waals surface area contributed by atoms with Crippen molar-refractivity contribution in [2.75, 3.05) is 0 Å². The molecule has 0 radical (unpaired) electrons. The Labute approximate surface area is 115 Å². The first kappa shape index (κ1) is 13.6. The van der Waals surface area contributed by atoms with Gasteiger partial charge in [0, 0.05) is 10.6 Å². The van der Waals surface area contributed by atoms with E-state index < -0.39 is 6.10 Å². The molecular formula is C15H12ClFO2. The van der Waals surface area contributed by atoms with Gasteiger partial charge in [-0.05, 0) is 49.4 Å². The van der Waals surface area contributed by atoms with Crippen molar-refractivity contribution < 1.29 is 13.9 Å². The largest absolute Gasteiger partial charge is 0.483 e. The van der Waals surface area contributed by atoms with Crippen LogP contribution >= 0.6 is 11.6 Å². The van der Waals surface area contributed by atoms with Gasteiger partial charge in [-0.1, -0.05) is 17.7 Å². The third-order valence-electron chi connectivity index (χ3n) is 2.61. The molecule has 0 aliphatic heterocycles. The molecule has 0 bridgehead atoms. The quantitative estimate of drug-likeness (QED) is 0.786. The molecule has 2 nitrogen and oxygen atoms in total. The highest BCUT2D eigenvalue weighted by atomic mass is 35.5. The topological polar surface area (TPSA) is 26.3 Å². The van der Waals surface area contributed by atoms with E-state index in [1.807, 2.05) is 0 Å². The molecule has 0 aliphatic rings. The zero-order valence-electron chi connectivity index (χ0n) is 10.3. The molecule has 0 fully saturated rings. The molecule has 1 atom stereocenters. The fraction of sp³-hybridized carbons (Fsp3) is 0.133. The number of halogens is 2. The van der Waals surface area contributed by atoms with E-state index in [0.717, 1.165) is 0 Å². The van der Waals surface area contributed by atoms with Crippen LogP contribution in [0.25, 0.3) is 0 Å². The second-order valence-electron chi connectivity index (χ2n) is 4.09. The first-order valence-electron chi connectivity index (χ1n) is 5.78. The van der Waals surface area contributed by atoms with Crippen LogP contribution in [-0.4, -0.2) is 11.9 Å². The molecular weight excluding hydrogens is 267 g/mol. The number of Topliss-reactive ketones (excluding diaryl/α,β-unsaturated/α-hetero) is 1. The predicted octanol–water partition coefficient (Wildman–Crippen LogP) is 4.13. The van der Waals surface area contributed by atoms with Crippen LogP contribution in [0, 0.1) is 5.82 Å². The van der Waals surface area contributed by atoms with E-state index in [1.54, 1.807) is 31.2 Å². The maximum atomic E-state index is 12.8. The van der Waals surface area contributed by atoms with Crippen molar-refractivity contribution in [3.05, 3.63) is 64.9 Å². The molecule has 0 amide bonds. The summed E-state index contributed by atoms with van der Waals surface area (Å²) >= 11 is 5.84. The van der Waals surface area contributed by atoms with Gasteiger partial charge in [-0.25, -0.2) is 4.39 Å². The van der Waals surface area contributed by atoms with Gasteiger partial charge in [0.15, 0.2) is 6.10 Å². The molecule has 98 valence electrons. The SMILES string of the molecule is C[C@@H](Oc1cccc(Cl)c1)C(=O)c1ccc(F)cc1. The van der Waals surface area contributed by atoms with Crippen molar-refractivity contribution in [2.45, 2.75) is 13.0 Å². The Kier molecular flexibility index (Phi) is 4.17. The van der Waals surface area contributed by atoms with Gasteiger partial charge < -0.3 is 4.74 Å². The molecule has 0 aliphatic carbocycles. The van der Waals surface area contributed by atoms with Gasteiger partial charge in [-0.15, -0.1) is 0 Å². The van der Waals surface area contributed by atoms with E-state index in [9.17, 15) is 9.18 Å². The van der Waals surface area contributed by atoms with Crippen molar-refractivity contribution in [1.29, 1.82) is 0 Å². The second-order valence-corrected chi connectivity index (χ2v) is 4.53. The minimum atomic E-state index is -0.663. The number of hydrogen-bond donors (Lipinski definition) is 0. The Morgan fingerprint density at radius 1 is 1.21 bits per heavy atom. The average molecular weight is 279 g/mol. The predicted molar refractivity (Wildman–Crippen MR) is 72.3 cm³/mol. The Morgan fingerprint density at radius 3 is 2.53 bits per heavy atom. The molecule has 0 heterocycles. The number of carbonyl (C=O) groups excluding carboxylic acids is 1. The molecule has 2 aromatic rings. The summed E-state index contributed by atoms with van der Waals surface area (Å²) in [4.78, 5) is 12.1. The van der Waals surface area contributed by atoms with Crippen molar-refractivity contribution in [3.8, 4) is 5.75 Å². The van der Waals surface area contributed by atoms with Gasteiger partial charge >= 0.3 is 0 Å². The van der Waals surface area contributed by atoms with Gasteiger partial charge in [0.1, 0.15) is 11.6 Å². The Balaban J connectivity index is 2.09. The Hall–Kier alpha value is -1.87. The fourth-order valence-electron chi connectivity index (χ4n) is 1.65. The highest BCUT2D eigenvalue weighted by Crippen LogP contribution is 2.19. The average Bonchev–Trinajstić information content (AvgIpc) is 2.39. The summed E-state index contributed by atoms with van der Waals surface area (Å²) in [7, 11) is 0. The number of rotatable bonds is 4. The monoisotopic (exact) mass is 278 g/mol. The van der Waals surface area contributed by atoms with Crippen LogP contribution in [0.1, 0.15) is 17.3 Å². The molecule has 2 aromatic carbocycles. The lowest BCUT2D eigenvalue weighted by atomic mass is 10.1. The summed E-state index contributed by atoms with van der Waals surface area (Å²) in [6, 6.07) is 12.2. The van der Waals surface area contributed by atoms with Gasteiger partial charge in [0.25, 0.3) is 0 Å².